The third-order valence-corrected chi connectivity index (χ3v) is 29.5. The summed E-state index contributed by atoms with van der Waals surface area (Å²) in [4.78, 5) is 0. The van der Waals surface area contributed by atoms with E-state index in [0.29, 0.717) is 3.63 Å². The molecule has 2 aliphatic rings. The van der Waals surface area contributed by atoms with Crippen LogP contribution in [0.5, 0.6) is 0 Å². The van der Waals surface area contributed by atoms with Crippen molar-refractivity contribution < 1.29 is 15.6 Å². The molecule has 0 heterocycles. The first kappa shape index (κ1) is 20.1. The zero-order valence-corrected chi connectivity index (χ0v) is 22.3. The average molecular weight is 566 g/mol. The predicted molar refractivity (Wildman–Crippen MR) is 121 cm³/mol. The molecule has 0 N–H and O–H groups in total. The Bertz CT molecular complexity index is 927. The molecule has 0 aromatic heterocycles. The third-order valence-electron chi connectivity index (χ3n) is 7.26. The van der Waals surface area contributed by atoms with Crippen LogP contribution in [0.2, 0.25) is 3.12 Å². The molecule has 0 unspecified atom stereocenters. The maximum absolute atomic E-state index is 4.49. The minimum absolute atomic E-state index is 0.151. The molecule has 4 rings (SSSR count). The van der Waals surface area contributed by atoms with Gasteiger partial charge in [0, 0.05) is 0 Å². The van der Waals surface area contributed by atoms with Crippen molar-refractivity contribution >= 4 is 24.4 Å². The fourth-order valence-electron chi connectivity index (χ4n) is 5.54. The summed E-state index contributed by atoms with van der Waals surface area (Å²) in [5.74, 6) is 0. The van der Waals surface area contributed by atoms with Gasteiger partial charge in [0.05, 0.1) is 0 Å². The molecule has 0 amide bonds. The average Bonchev–Trinajstić information content (AvgIpc) is 3.09. The van der Waals surface area contributed by atoms with Crippen LogP contribution in [-0.2, 0) is 15.6 Å². The molecular formula is C24H26Br2Zr. The fourth-order valence-corrected chi connectivity index (χ4v) is 30.6. The fraction of sp³-hybridized carbons (Fsp3) is 0.333. The SMILES string of the molecule is CC[C]1([Zr]([Br])([Br])[CH]2c3ccccc3-c3ccccc32)C(C)=C(C)C(C)=C1C. The molecule has 0 saturated heterocycles. The maximum atomic E-state index is 4.49. The monoisotopic (exact) mass is 562 g/mol. The Hall–Kier alpha value is -0.237. The zero-order valence-electron chi connectivity index (χ0n) is 16.7. The first-order valence-corrected chi connectivity index (χ1v) is 23.6. The quantitative estimate of drug-likeness (QED) is 0.349. The molecular weight excluding hydrogens is 539 g/mol. The number of benzene rings is 2. The van der Waals surface area contributed by atoms with Gasteiger partial charge in [-0.1, -0.05) is 0 Å². The summed E-state index contributed by atoms with van der Waals surface area (Å²) < 4.78 is 0.605. The number of rotatable bonds is 3. The molecule has 0 atom stereocenters. The molecule has 2 aromatic carbocycles. The van der Waals surface area contributed by atoms with Crippen LogP contribution >= 0.6 is 24.4 Å². The predicted octanol–water partition coefficient (Wildman–Crippen LogP) is 8.79. The van der Waals surface area contributed by atoms with Crippen LogP contribution in [0, 0.1) is 0 Å². The molecule has 27 heavy (non-hydrogen) atoms. The van der Waals surface area contributed by atoms with E-state index in [1.165, 1.54) is 33.4 Å². The van der Waals surface area contributed by atoms with E-state index in [9.17, 15) is 0 Å². The van der Waals surface area contributed by atoms with Crippen molar-refractivity contribution in [1.82, 2.24) is 0 Å². The van der Waals surface area contributed by atoms with Gasteiger partial charge in [-0.15, -0.1) is 0 Å². The van der Waals surface area contributed by atoms with Gasteiger partial charge in [-0.3, -0.25) is 0 Å². The van der Waals surface area contributed by atoms with Crippen molar-refractivity contribution in [3.05, 3.63) is 82.0 Å². The second-order valence-corrected chi connectivity index (χ2v) is 35.7. The number of hydrogen-bond donors (Lipinski definition) is 0. The molecule has 0 saturated carbocycles. The Kier molecular flexibility index (Phi) is 5.14. The molecule has 0 bridgehead atoms. The van der Waals surface area contributed by atoms with Crippen molar-refractivity contribution in [3.8, 4) is 11.1 Å². The van der Waals surface area contributed by atoms with Gasteiger partial charge in [-0.2, -0.15) is 0 Å². The Balaban J connectivity index is 2.01. The normalized spacial score (nSPS) is 18.9. The molecule has 140 valence electrons. The van der Waals surface area contributed by atoms with E-state index < -0.39 is 15.6 Å². The van der Waals surface area contributed by atoms with Gasteiger partial charge in [0.1, 0.15) is 0 Å². The molecule has 0 spiro atoms. The molecule has 0 nitrogen and oxygen atoms in total. The van der Waals surface area contributed by atoms with Crippen LogP contribution in [-0.4, -0.2) is 0 Å². The van der Waals surface area contributed by atoms with Gasteiger partial charge in [-0.25, -0.2) is 0 Å². The summed E-state index contributed by atoms with van der Waals surface area (Å²) in [7, 11) is 0. The van der Waals surface area contributed by atoms with Gasteiger partial charge in [0.25, 0.3) is 0 Å². The molecule has 0 fully saturated rings. The van der Waals surface area contributed by atoms with Crippen molar-refractivity contribution in [1.29, 1.82) is 0 Å². The van der Waals surface area contributed by atoms with Gasteiger partial charge >= 0.3 is 181 Å². The van der Waals surface area contributed by atoms with E-state index in [1.807, 2.05) is 0 Å². The molecule has 2 aliphatic carbocycles. The number of allylic oxidation sites excluding steroid dienone is 4. The Labute approximate surface area is 179 Å². The summed E-state index contributed by atoms with van der Waals surface area (Å²) in [6, 6.07) is 18.1. The van der Waals surface area contributed by atoms with Gasteiger partial charge < -0.3 is 0 Å². The van der Waals surface area contributed by atoms with Crippen molar-refractivity contribution in [2.24, 2.45) is 0 Å². The van der Waals surface area contributed by atoms with Crippen molar-refractivity contribution in [2.75, 3.05) is 0 Å². The van der Waals surface area contributed by atoms with Crippen LogP contribution in [0.3, 0.4) is 0 Å². The first-order valence-electron chi connectivity index (χ1n) is 9.71. The van der Waals surface area contributed by atoms with Gasteiger partial charge in [0.2, 0.25) is 0 Å². The number of halogens is 2. The van der Waals surface area contributed by atoms with E-state index in [4.69, 9.17) is 0 Å². The molecule has 0 radical (unpaired) electrons. The molecule has 3 heteroatoms. The number of fused-ring (bicyclic) bond motifs is 3. The van der Waals surface area contributed by atoms with Crippen molar-refractivity contribution in [2.45, 2.75) is 47.8 Å². The van der Waals surface area contributed by atoms with E-state index in [2.05, 4.69) is 108 Å². The molecule has 0 aliphatic heterocycles. The van der Waals surface area contributed by atoms with Crippen LogP contribution < -0.4 is 0 Å². The summed E-state index contributed by atoms with van der Waals surface area (Å²) in [5, 5.41) is 0. The zero-order chi connectivity index (χ0) is 19.6. The first-order chi connectivity index (χ1) is 12.8. The minimum atomic E-state index is -3.16. The second-order valence-electron chi connectivity index (χ2n) is 7.99. The van der Waals surface area contributed by atoms with Crippen LogP contribution in [0.1, 0.15) is 55.8 Å². The summed E-state index contributed by atoms with van der Waals surface area (Å²) in [6.07, 6.45) is 1.15. The summed E-state index contributed by atoms with van der Waals surface area (Å²) in [5.41, 5.74) is 12.0. The van der Waals surface area contributed by atoms with Gasteiger partial charge in [0.15, 0.2) is 0 Å². The molecule has 2 aromatic rings. The Morgan fingerprint density at radius 1 is 0.778 bits per heavy atom. The van der Waals surface area contributed by atoms with E-state index in [1.54, 1.807) is 11.1 Å². The van der Waals surface area contributed by atoms with Crippen LogP contribution in [0.4, 0.5) is 0 Å². The standard InChI is InChI=1S/C13H9.C11H17.2BrH.Zr/c1-3-7-12-10(5-1)9-11-6-2-4-8-13(11)12;1-6-11-9(4)7(2)8(3)10(11)5;;;/h1-9H;6H2,1-5H3;2*1H;/q;;;;+2/p-2. The Morgan fingerprint density at radius 3 is 1.59 bits per heavy atom. The van der Waals surface area contributed by atoms with Crippen LogP contribution in [0.25, 0.3) is 11.1 Å². The van der Waals surface area contributed by atoms with Crippen molar-refractivity contribution in [3.63, 3.8) is 0 Å². The summed E-state index contributed by atoms with van der Waals surface area (Å²) >= 11 is 5.81. The number of hydrogen-bond acceptors (Lipinski definition) is 0. The third kappa shape index (κ3) is 2.53. The van der Waals surface area contributed by atoms with Gasteiger partial charge in [-0.05, 0) is 0 Å². The van der Waals surface area contributed by atoms with E-state index in [0.717, 1.165) is 6.42 Å². The van der Waals surface area contributed by atoms with E-state index >= 15 is 0 Å². The second kappa shape index (κ2) is 6.93. The van der Waals surface area contributed by atoms with E-state index in [-0.39, 0.29) is 3.12 Å². The Morgan fingerprint density at radius 2 is 1.19 bits per heavy atom. The topological polar surface area (TPSA) is 0 Å². The summed E-state index contributed by atoms with van der Waals surface area (Å²) in [6.45, 7) is 11.7. The van der Waals surface area contributed by atoms with Crippen LogP contribution in [0.15, 0.2) is 70.8 Å².